The number of hydrogen-bond donors (Lipinski definition) is 2. The van der Waals surface area contributed by atoms with Gasteiger partial charge in [0.2, 0.25) is 5.91 Å². The third kappa shape index (κ3) is 7.62. The van der Waals surface area contributed by atoms with Crippen LogP contribution in [0.2, 0.25) is 0 Å². The van der Waals surface area contributed by atoms with E-state index in [0.29, 0.717) is 6.54 Å². The highest BCUT2D eigenvalue weighted by Gasteiger charge is 2.02. The third-order valence-corrected chi connectivity index (χ3v) is 3.94. The molecule has 0 aliphatic rings. The number of rotatable bonds is 9. The predicted octanol–water partition coefficient (Wildman–Crippen LogP) is 2.96. The standard InChI is InChI=1S/C14H21NO3S/c1-11(16)15-10-13-9-8-12(19-13)6-4-2-3-5-7-14(17)18/h8-9H,2-7,10H2,1H3,(H,15,16)(H,17,18). The molecule has 1 aromatic rings. The second-order valence-electron chi connectivity index (χ2n) is 4.59. The maximum atomic E-state index is 10.8. The topological polar surface area (TPSA) is 66.4 Å². The molecule has 0 bridgehead atoms. The van der Waals surface area contributed by atoms with Gasteiger partial charge in [0.15, 0.2) is 0 Å². The van der Waals surface area contributed by atoms with Crippen LogP contribution in [0.15, 0.2) is 12.1 Å². The summed E-state index contributed by atoms with van der Waals surface area (Å²) in [5.74, 6) is -0.714. The number of thiophene rings is 1. The van der Waals surface area contributed by atoms with Crippen LogP contribution in [0.5, 0.6) is 0 Å². The van der Waals surface area contributed by atoms with Gasteiger partial charge in [0.25, 0.3) is 0 Å². The van der Waals surface area contributed by atoms with Crippen LogP contribution in [-0.2, 0) is 22.6 Å². The highest BCUT2D eigenvalue weighted by atomic mass is 32.1. The quantitative estimate of drug-likeness (QED) is 0.685. The summed E-state index contributed by atoms with van der Waals surface area (Å²) in [6.07, 6.45) is 5.24. The molecule has 2 N–H and O–H groups in total. The van der Waals surface area contributed by atoms with Crippen LogP contribution < -0.4 is 5.32 Å². The number of nitrogens with one attached hydrogen (secondary N) is 1. The number of aliphatic carboxylic acids is 1. The van der Waals surface area contributed by atoms with Gasteiger partial charge in [-0.25, -0.2) is 0 Å². The lowest BCUT2D eigenvalue weighted by Crippen LogP contribution is -2.17. The summed E-state index contributed by atoms with van der Waals surface area (Å²) >= 11 is 1.73. The fourth-order valence-electron chi connectivity index (χ4n) is 1.79. The Morgan fingerprint density at radius 2 is 1.84 bits per heavy atom. The van der Waals surface area contributed by atoms with Gasteiger partial charge in [0.05, 0.1) is 6.54 Å². The van der Waals surface area contributed by atoms with E-state index in [2.05, 4.69) is 17.4 Å². The molecule has 0 spiro atoms. The summed E-state index contributed by atoms with van der Waals surface area (Å²) in [4.78, 5) is 23.6. The first-order valence-corrected chi connectivity index (χ1v) is 7.43. The van der Waals surface area contributed by atoms with Crippen molar-refractivity contribution >= 4 is 23.2 Å². The van der Waals surface area contributed by atoms with Crippen molar-refractivity contribution < 1.29 is 14.7 Å². The average Bonchev–Trinajstić information content (AvgIpc) is 2.78. The average molecular weight is 283 g/mol. The maximum Gasteiger partial charge on any atom is 0.303 e. The molecule has 0 unspecified atom stereocenters. The van der Waals surface area contributed by atoms with Crippen molar-refractivity contribution in [2.24, 2.45) is 0 Å². The molecule has 106 valence electrons. The van der Waals surface area contributed by atoms with Gasteiger partial charge in [-0.15, -0.1) is 11.3 Å². The SMILES string of the molecule is CC(=O)NCc1ccc(CCCCCCC(=O)O)s1. The van der Waals surface area contributed by atoms with Crippen LogP contribution in [0.25, 0.3) is 0 Å². The molecule has 19 heavy (non-hydrogen) atoms. The van der Waals surface area contributed by atoms with E-state index in [9.17, 15) is 9.59 Å². The Kier molecular flexibility index (Phi) is 7.18. The van der Waals surface area contributed by atoms with Crippen LogP contribution in [-0.4, -0.2) is 17.0 Å². The van der Waals surface area contributed by atoms with Crippen LogP contribution in [0, 0.1) is 0 Å². The lowest BCUT2D eigenvalue weighted by Gasteiger charge is -1.99. The third-order valence-electron chi connectivity index (χ3n) is 2.79. The monoisotopic (exact) mass is 283 g/mol. The number of amides is 1. The molecule has 0 radical (unpaired) electrons. The molecule has 1 heterocycles. The van der Waals surface area contributed by atoms with E-state index in [1.165, 1.54) is 16.7 Å². The van der Waals surface area contributed by atoms with E-state index in [-0.39, 0.29) is 12.3 Å². The van der Waals surface area contributed by atoms with Gasteiger partial charge in [-0.3, -0.25) is 9.59 Å². The Hall–Kier alpha value is -1.36. The Bertz CT molecular complexity index is 415. The van der Waals surface area contributed by atoms with E-state index in [1.54, 1.807) is 11.3 Å². The largest absolute Gasteiger partial charge is 0.481 e. The molecule has 0 saturated carbocycles. The number of carbonyl (C=O) groups excluding carboxylic acids is 1. The first-order valence-electron chi connectivity index (χ1n) is 6.62. The summed E-state index contributed by atoms with van der Waals surface area (Å²) < 4.78 is 0. The molecule has 1 rings (SSSR count). The summed E-state index contributed by atoms with van der Waals surface area (Å²) in [5.41, 5.74) is 0. The second kappa shape index (κ2) is 8.69. The molecule has 5 heteroatoms. The Morgan fingerprint density at radius 3 is 2.53 bits per heavy atom. The van der Waals surface area contributed by atoms with E-state index in [1.807, 2.05) is 0 Å². The number of carboxylic acid groups (broad SMARTS) is 1. The first-order chi connectivity index (χ1) is 9.08. The molecule has 1 amide bonds. The molecular formula is C14H21NO3S. The summed E-state index contributed by atoms with van der Waals surface area (Å²) in [6.45, 7) is 2.13. The number of carbonyl (C=O) groups is 2. The number of carboxylic acids is 1. The van der Waals surface area contributed by atoms with Gasteiger partial charge < -0.3 is 10.4 Å². The maximum absolute atomic E-state index is 10.8. The fraction of sp³-hybridized carbons (Fsp3) is 0.571. The molecule has 0 aliphatic carbocycles. The van der Waals surface area contributed by atoms with Gasteiger partial charge in [0, 0.05) is 23.1 Å². The lowest BCUT2D eigenvalue weighted by atomic mass is 10.1. The molecule has 0 fully saturated rings. The Labute approximate surface area is 117 Å². The van der Waals surface area contributed by atoms with Crippen molar-refractivity contribution in [3.05, 3.63) is 21.9 Å². The predicted molar refractivity (Wildman–Crippen MR) is 76.3 cm³/mol. The van der Waals surface area contributed by atoms with E-state index < -0.39 is 5.97 Å². The molecule has 4 nitrogen and oxygen atoms in total. The molecule has 1 aromatic heterocycles. The minimum Gasteiger partial charge on any atom is -0.481 e. The molecular weight excluding hydrogens is 262 g/mol. The Morgan fingerprint density at radius 1 is 1.16 bits per heavy atom. The smallest absolute Gasteiger partial charge is 0.303 e. The van der Waals surface area contributed by atoms with E-state index >= 15 is 0 Å². The zero-order valence-corrected chi connectivity index (χ0v) is 12.1. The van der Waals surface area contributed by atoms with Crippen molar-refractivity contribution in [2.75, 3.05) is 0 Å². The van der Waals surface area contributed by atoms with Gasteiger partial charge in [-0.05, 0) is 31.4 Å². The molecule has 0 aliphatic heterocycles. The van der Waals surface area contributed by atoms with Crippen molar-refractivity contribution in [3.63, 3.8) is 0 Å². The lowest BCUT2D eigenvalue weighted by molar-refractivity contribution is -0.137. The molecule has 0 atom stereocenters. The second-order valence-corrected chi connectivity index (χ2v) is 5.84. The van der Waals surface area contributed by atoms with Crippen LogP contribution in [0.1, 0.15) is 48.8 Å². The Balaban J connectivity index is 2.12. The summed E-state index contributed by atoms with van der Waals surface area (Å²) in [6, 6.07) is 4.17. The first kappa shape index (κ1) is 15.7. The van der Waals surface area contributed by atoms with Crippen molar-refractivity contribution in [2.45, 2.75) is 52.0 Å². The fourth-order valence-corrected chi connectivity index (χ4v) is 2.79. The van der Waals surface area contributed by atoms with Crippen molar-refractivity contribution in [3.8, 4) is 0 Å². The van der Waals surface area contributed by atoms with E-state index in [4.69, 9.17) is 5.11 Å². The summed E-state index contributed by atoms with van der Waals surface area (Å²) in [5, 5.41) is 11.3. The minimum atomic E-state index is -0.708. The highest BCUT2D eigenvalue weighted by molar-refractivity contribution is 7.11. The van der Waals surface area contributed by atoms with Crippen LogP contribution in [0.4, 0.5) is 0 Å². The number of aryl methyl sites for hydroxylation is 1. The highest BCUT2D eigenvalue weighted by Crippen LogP contribution is 2.19. The molecule has 0 saturated heterocycles. The van der Waals surface area contributed by atoms with Gasteiger partial charge in [-0.1, -0.05) is 12.8 Å². The van der Waals surface area contributed by atoms with Gasteiger partial charge >= 0.3 is 5.97 Å². The van der Waals surface area contributed by atoms with Crippen LogP contribution >= 0.6 is 11.3 Å². The number of hydrogen-bond acceptors (Lipinski definition) is 3. The van der Waals surface area contributed by atoms with Gasteiger partial charge in [0.1, 0.15) is 0 Å². The van der Waals surface area contributed by atoms with Crippen molar-refractivity contribution in [1.82, 2.24) is 5.32 Å². The van der Waals surface area contributed by atoms with Gasteiger partial charge in [-0.2, -0.15) is 0 Å². The van der Waals surface area contributed by atoms with E-state index in [0.717, 1.165) is 32.1 Å². The van der Waals surface area contributed by atoms with Crippen LogP contribution in [0.3, 0.4) is 0 Å². The summed E-state index contributed by atoms with van der Waals surface area (Å²) in [7, 11) is 0. The van der Waals surface area contributed by atoms with Crippen molar-refractivity contribution in [1.29, 1.82) is 0 Å². The minimum absolute atomic E-state index is 0.00613. The zero-order valence-electron chi connectivity index (χ0n) is 11.3. The number of unbranched alkanes of at least 4 members (excludes halogenated alkanes) is 3. The normalized spacial score (nSPS) is 10.4. The zero-order chi connectivity index (χ0) is 14.1. The molecule has 0 aromatic carbocycles.